The van der Waals surface area contributed by atoms with E-state index in [-0.39, 0.29) is 6.61 Å². The zero-order valence-corrected chi connectivity index (χ0v) is 5.49. The van der Waals surface area contributed by atoms with E-state index in [0.29, 0.717) is 0 Å². The summed E-state index contributed by atoms with van der Waals surface area (Å²) in [6, 6.07) is 0. The summed E-state index contributed by atoms with van der Waals surface area (Å²) in [7, 11) is -4.58. The van der Waals surface area contributed by atoms with Crippen molar-refractivity contribution in [2.45, 2.75) is 12.7 Å². The molecule has 0 aromatic carbocycles. The smallest absolute Gasteiger partial charge is 0.266 e. The Bertz CT molecular complexity index is 162. The minimum atomic E-state index is -4.58. The molecule has 0 rings (SSSR count). The SMILES string of the molecule is CCOS(=O)(=O)C(F)F. The van der Waals surface area contributed by atoms with Gasteiger partial charge in [0, 0.05) is 0 Å². The molecule has 0 aromatic heterocycles. The van der Waals surface area contributed by atoms with Crippen LogP contribution in [0.25, 0.3) is 0 Å². The van der Waals surface area contributed by atoms with Gasteiger partial charge in [0.2, 0.25) is 0 Å². The van der Waals surface area contributed by atoms with Crippen molar-refractivity contribution in [2.24, 2.45) is 0 Å². The van der Waals surface area contributed by atoms with Crippen LogP contribution in [0.15, 0.2) is 0 Å². The van der Waals surface area contributed by atoms with Gasteiger partial charge in [-0.15, -0.1) is 0 Å². The Morgan fingerprint density at radius 2 is 2.00 bits per heavy atom. The lowest BCUT2D eigenvalue weighted by molar-refractivity contribution is 0.200. The van der Waals surface area contributed by atoms with Crippen LogP contribution < -0.4 is 0 Å². The Labute approximate surface area is 51.7 Å². The molecule has 0 aliphatic rings. The van der Waals surface area contributed by atoms with E-state index in [1.54, 1.807) is 0 Å². The van der Waals surface area contributed by atoms with E-state index in [0.717, 1.165) is 0 Å². The van der Waals surface area contributed by atoms with E-state index < -0.39 is 15.9 Å². The normalized spacial score (nSPS) is 12.4. The minimum Gasteiger partial charge on any atom is -0.266 e. The molecular weight excluding hydrogens is 154 g/mol. The molecule has 0 N–H and O–H groups in total. The number of rotatable bonds is 3. The van der Waals surface area contributed by atoms with Crippen LogP contribution in [0.1, 0.15) is 6.92 Å². The van der Waals surface area contributed by atoms with Crippen LogP contribution in [0.2, 0.25) is 0 Å². The van der Waals surface area contributed by atoms with Crippen LogP contribution in [0.4, 0.5) is 8.78 Å². The van der Waals surface area contributed by atoms with Crippen LogP contribution in [0, 0.1) is 0 Å². The summed E-state index contributed by atoms with van der Waals surface area (Å²) in [5.74, 6) is -3.43. The first-order chi connectivity index (χ1) is 4.00. The molecule has 3 nitrogen and oxygen atoms in total. The van der Waals surface area contributed by atoms with Gasteiger partial charge in [0.15, 0.2) is 0 Å². The fourth-order valence-electron chi connectivity index (χ4n) is 0.216. The molecule has 0 saturated heterocycles. The highest BCUT2D eigenvalue weighted by atomic mass is 32.2. The molecule has 6 heteroatoms. The first-order valence-electron chi connectivity index (χ1n) is 2.17. The molecule has 9 heavy (non-hydrogen) atoms. The van der Waals surface area contributed by atoms with E-state index >= 15 is 0 Å². The van der Waals surface area contributed by atoms with Gasteiger partial charge in [-0.1, -0.05) is 0 Å². The highest BCUT2D eigenvalue weighted by molar-refractivity contribution is 7.87. The Morgan fingerprint density at radius 3 is 2.11 bits per heavy atom. The highest BCUT2D eigenvalue weighted by Crippen LogP contribution is 2.05. The molecule has 0 aromatic rings. The molecule has 0 atom stereocenters. The van der Waals surface area contributed by atoms with Gasteiger partial charge in [-0.25, -0.2) is 0 Å². The second kappa shape index (κ2) is 3.07. The molecule has 0 amide bonds. The molecule has 0 radical (unpaired) electrons. The van der Waals surface area contributed by atoms with Crippen molar-refractivity contribution >= 4 is 10.1 Å². The van der Waals surface area contributed by atoms with Crippen LogP contribution in [-0.2, 0) is 14.3 Å². The third kappa shape index (κ3) is 2.71. The Morgan fingerprint density at radius 1 is 1.56 bits per heavy atom. The Balaban J connectivity index is 4.05. The maximum absolute atomic E-state index is 11.3. The lowest BCUT2D eigenvalue weighted by atomic mass is 10.9. The summed E-state index contributed by atoms with van der Waals surface area (Å²) in [6.07, 6.45) is 0. The van der Waals surface area contributed by atoms with Gasteiger partial charge in [-0.2, -0.15) is 17.2 Å². The first kappa shape index (κ1) is 8.77. The zero-order valence-electron chi connectivity index (χ0n) is 4.67. The van der Waals surface area contributed by atoms with Crippen LogP contribution in [-0.4, -0.2) is 20.8 Å². The lowest BCUT2D eigenvalue weighted by Gasteiger charge is -1.98. The average molecular weight is 160 g/mol. The van der Waals surface area contributed by atoms with E-state index in [1.165, 1.54) is 6.92 Å². The van der Waals surface area contributed by atoms with Gasteiger partial charge >= 0.3 is 15.9 Å². The largest absolute Gasteiger partial charge is 0.361 e. The standard InChI is InChI=1S/C3H6F2O3S/c1-2-8-9(6,7)3(4)5/h3H,2H2,1H3. The van der Waals surface area contributed by atoms with Gasteiger partial charge < -0.3 is 0 Å². The molecule has 0 fully saturated rings. The predicted octanol–water partition coefficient (Wildman–Crippen LogP) is 0.575. The van der Waals surface area contributed by atoms with Gasteiger partial charge in [0.25, 0.3) is 0 Å². The van der Waals surface area contributed by atoms with Crippen molar-refractivity contribution in [3.8, 4) is 0 Å². The summed E-state index contributed by atoms with van der Waals surface area (Å²) < 4.78 is 46.2. The number of hydrogen-bond acceptors (Lipinski definition) is 3. The van der Waals surface area contributed by atoms with Crippen molar-refractivity contribution < 1.29 is 21.4 Å². The van der Waals surface area contributed by atoms with Crippen molar-refractivity contribution in [3.63, 3.8) is 0 Å². The van der Waals surface area contributed by atoms with Crippen molar-refractivity contribution in [1.29, 1.82) is 0 Å². The fourth-order valence-corrected chi connectivity index (χ4v) is 0.647. The predicted molar refractivity (Wildman–Crippen MR) is 26.5 cm³/mol. The summed E-state index contributed by atoms with van der Waals surface area (Å²) in [4.78, 5) is 0. The van der Waals surface area contributed by atoms with E-state index in [2.05, 4.69) is 4.18 Å². The second-order valence-electron chi connectivity index (χ2n) is 1.16. The Hall–Kier alpha value is -0.230. The number of halogens is 2. The summed E-state index contributed by atoms with van der Waals surface area (Å²) in [5.41, 5.74) is 0. The molecule has 0 aliphatic heterocycles. The Kier molecular flexibility index (Phi) is 2.99. The average Bonchev–Trinajstić information content (AvgIpc) is 1.65. The fraction of sp³-hybridized carbons (Fsp3) is 1.00. The summed E-state index contributed by atoms with van der Waals surface area (Å²) >= 11 is 0. The summed E-state index contributed by atoms with van der Waals surface area (Å²) in [5, 5.41) is 0. The molecule has 0 bridgehead atoms. The van der Waals surface area contributed by atoms with Crippen LogP contribution >= 0.6 is 0 Å². The lowest BCUT2D eigenvalue weighted by Crippen LogP contribution is -2.14. The van der Waals surface area contributed by atoms with Gasteiger partial charge in [-0.05, 0) is 6.92 Å². The third-order valence-corrected chi connectivity index (χ3v) is 1.50. The molecule has 0 heterocycles. The molecule has 0 unspecified atom stereocenters. The van der Waals surface area contributed by atoms with Gasteiger partial charge in [0.05, 0.1) is 6.61 Å². The van der Waals surface area contributed by atoms with Gasteiger partial charge in [-0.3, -0.25) is 4.18 Å². The number of hydrogen-bond donors (Lipinski definition) is 0. The zero-order chi connectivity index (χ0) is 7.49. The molecule has 56 valence electrons. The molecule has 0 saturated carbocycles. The van der Waals surface area contributed by atoms with Gasteiger partial charge in [0.1, 0.15) is 0 Å². The molecule has 0 aliphatic carbocycles. The first-order valence-corrected chi connectivity index (χ1v) is 3.64. The molecular formula is C3H6F2O3S. The monoisotopic (exact) mass is 160 g/mol. The highest BCUT2D eigenvalue weighted by Gasteiger charge is 2.23. The molecule has 0 spiro atoms. The van der Waals surface area contributed by atoms with Crippen molar-refractivity contribution in [1.82, 2.24) is 0 Å². The van der Waals surface area contributed by atoms with Crippen molar-refractivity contribution in [3.05, 3.63) is 0 Å². The van der Waals surface area contributed by atoms with E-state index in [9.17, 15) is 17.2 Å². The van der Waals surface area contributed by atoms with E-state index in [1.807, 2.05) is 0 Å². The second-order valence-corrected chi connectivity index (χ2v) is 2.74. The quantitative estimate of drug-likeness (QED) is 0.567. The topological polar surface area (TPSA) is 43.4 Å². The van der Waals surface area contributed by atoms with E-state index in [4.69, 9.17) is 0 Å². The summed E-state index contributed by atoms with van der Waals surface area (Å²) in [6.45, 7) is 1.06. The van der Waals surface area contributed by atoms with Crippen LogP contribution in [0.5, 0.6) is 0 Å². The van der Waals surface area contributed by atoms with Crippen LogP contribution in [0.3, 0.4) is 0 Å². The number of alkyl halides is 2. The van der Waals surface area contributed by atoms with Crippen molar-refractivity contribution in [2.75, 3.05) is 6.61 Å². The third-order valence-electron chi connectivity index (χ3n) is 0.500. The maximum Gasteiger partial charge on any atom is 0.361 e. The maximum atomic E-state index is 11.3. The minimum absolute atomic E-state index is 0.257.